The molecule has 0 aromatic carbocycles. The Hall–Kier alpha value is -0.780. The number of rotatable bonds is 5. The number of hydrogen-bond acceptors (Lipinski definition) is 5. The third-order valence-electron chi connectivity index (χ3n) is 5.78. The minimum absolute atomic E-state index is 0.720. The first-order valence-corrected chi connectivity index (χ1v) is 10.7. The van der Waals surface area contributed by atoms with E-state index in [1.54, 1.807) is 0 Å². The van der Waals surface area contributed by atoms with Gasteiger partial charge in [-0.3, -0.25) is 4.90 Å². The van der Waals surface area contributed by atoms with Crippen LogP contribution in [0, 0.1) is 5.92 Å². The van der Waals surface area contributed by atoms with Gasteiger partial charge in [0.25, 0.3) is 0 Å². The highest BCUT2D eigenvalue weighted by Crippen LogP contribution is 2.27. The lowest BCUT2D eigenvalue weighted by Gasteiger charge is -2.42. The van der Waals surface area contributed by atoms with Crippen LogP contribution < -0.4 is 4.90 Å². The van der Waals surface area contributed by atoms with Crippen molar-refractivity contribution in [2.24, 2.45) is 5.92 Å². The van der Waals surface area contributed by atoms with Gasteiger partial charge in [-0.25, -0.2) is 4.98 Å². The Morgan fingerprint density at radius 2 is 1.83 bits per heavy atom. The molecule has 0 amide bonds. The third-order valence-corrected chi connectivity index (χ3v) is 6.40. The van der Waals surface area contributed by atoms with Gasteiger partial charge in [0.1, 0.15) is 5.82 Å². The van der Waals surface area contributed by atoms with E-state index in [0.29, 0.717) is 0 Å². The Morgan fingerprint density at radius 3 is 2.42 bits per heavy atom. The van der Waals surface area contributed by atoms with Crippen LogP contribution in [0.4, 0.5) is 5.82 Å². The van der Waals surface area contributed by atoms with Gasteiger partial charge in [-0.2, -0.15) is 11.8 Å². The van der Waals surface area contributed by atoms with E-state index in [1.165, 1.54) is 44.6 Å². The predicted molar refractivity (Wildman–Crippen MR) is 105 cm³/mol. The number of pyridine rings is 1. The van der Waals surface area contributed by atoms with Crippen molar-refractivity contribution in [1.29, 1.82) is 0 Å². The number of piperidine rings is 1. The second-order valence-corrected chi connectivity index (χ2v) is 8.23. The Balaban J connectivity index is 1.50. The van der Waals surface area contributed by atoms with Gasteiger partial charge >= 0.3 is 0 Å². The average Bonchev–Trinajstić information content (AvgIpc) is 2.63. The summed E-state index contributed by atoms with van der Waals surface area (Å²) in [5.41, 5.74) is 1.32. The first-order chi connectivity index (χ1) is 11.7. The summed E-state index contributed by atoms with van der Waals surface area (Å²) in [4.78, 5) is 12.3. The van der Waals surface area contributed by atoms with Crippen LogP contribution in [0.5, 0.6) is 0 Å². The first-order valence-electron chi connectivity index (χ1n) is 9.29. The minimum atomic E-state index is 0.720. The standard InChI is InChI=1S/C19H32N4S/c1-16(22-12-10-21(2)11-13-22)18-6-8-23(9-7-18)19-5-4-17(14-20-19)15-24-3/h4-5,14,16,18H,6-13,15H2,1-3H3/t16-/m0/s1. The summed E-state index contributed by atoms with van der Waals surface area (Å²) in [6, 6.07) is 5.16. The average molecular weight is 349 g/mol. The van der Waals surface area contributed by atoms with Crippen molar-refractivity contribution in [3.8, 4) is 0 Å². The third kappa shape index (κ3) is 4.44. The van der Waals surface area contributed by atoms with Gasteiger partial charge < -0.3 is 9.80 Å². The van der Waals surface area contributed by atoms with E-state index < -0.39 is 0 Å². The summed E-state index contributed by atoms with van der Waals surface area (Å²) in [5, 5.41) is 0. The Bertz CT molecular complexity index is 491. The molecule has 2 aliphatic heterocycles. The van der Waals surface area contributed by atoms with Gasteiger partial charge in [0.2, 0.25) is 0 Å². The molecule has 134 valence electrons. The van der Waals surface area contributed by atoms with Crippen LogP contribution in [0.2, 0.25) is 0 Å². The summed E-state index contributed by atoms with van der Waals surface area (Å²) in [7, 11) is 2.23. The first kappa shape index (κ1) is 18.0. The number of thioether (sulfide) groups is 1. The molecule has 0 bridgehead atoms. The highest BCUT2D eigenvalue weighted by molar-refractivity contribution is 7.97. The van der Waals surface area contributed by atoms with Crippen LogP contribution >= 0.6 is 11.8 Å². The maximum absolute atomic E-state index is 4.69. The molecule has 5 heteroatoms. The maximum Gasteiger partial charge on any atom is 0.128 e. The molecule has 1 aromatic rings. The summed E-state index contributed by atoms with van der Waals surface area (Å²) >= 11 is 1.85. The fourth-order valence-corrected chi connectivity index (χ4v) is 4.50. The zero-order valence-corrected chi connectivity index (χ0v) is 16.3. The molecule has 2 aliphatic rings. The predicted octanol–water partition coefficient (Wildman–Crippen LogP) is 2.80. The molecule has 1 aromatic heterocycles. The number of piperazine rings is 1. The maximum atomic E-state index is 4.69. The molecule has 0 aliphatic carbocycles. The van der Waals surface area contributed by atoms with Gasteiger partial charge in [-0.1, -0.05) is 6.07 Å². The van der Waals surface area contributed by atoms with Gasteiger partial charge in [-0.05, 0) is 50.6 Å². The van der Waals surface area contributed by atoms with Gasteiger partial charge in [0.05, 0.1) is 0 Å². The molecular weight excluding hydrogens is 316 g/mol. The number of nitrogens with zero attached hydrogens (tertiary/aromatic N) is 4. The van der Waals surface area contributed by atoms with Crippen molar-refractivity contribution in [2.75, 3.05) is 57.5 Å². The lowest BCUT2D eigenvalue weighted by atomic mass is 9.89. The molecule has 0 N–H and O–H groups in total. The molecule has 1 atom stereocenters. The second-order valence-electron chi connectivity index (χ2n) is 7.36. The Kier molecular flexibility index (Phi) is 6.42. The molecule has 0 saturated carbocycles. The molecule has 24 heavy (non-hydrogen) atoms. The van der Waals surface area contributed by atoms with Crippen molar-refractivity contribution in [3.63, 3.8) is 0 Å². The molecule has 4 nitrogen and oxygen atoms in total. The zero-order valence-electron chi connectivity index (χ0n) is 15.4. The van der Waals surface area contributed by atoms with Gasteiger partial charge in [0, 0.05) is 57.3 Å². The monoisotopic (exact) mass is 348 g/mol. The highest BCUT2D eigenvalue weighted by Gasteiger charge is 2.29. The van der Waals surface area contributed by atoms with Crippen molar-refractivity contribution in [3.05, 3.63) is 23.9 Å². The lowest BCUT2D eigenvalue weighted by Crippen LogP contribution is -2.51. The summed E-state index contributed by atoms with van der Waals surface area (Å²) < 4.78 is 0. The topological polar surface area (TPSA) is 22.6 Å². The summed E-state index contributed by atoms with van der Waals surface area (Å²) in [5.74, 6) is 3.05. The largest absolute Gasteiger partial charge is 0.357 e. The van der Waals surface area contributed by atoms with Crippen LogP contribution in [-0.2, 0) is 5.75 Å². The smallest absolute Gasteiger partial charge is 0.128 e. The summed E-state index contributed by atoms with van der Waals surface area (Å²) in [6.45, 7) is 9.65. The molecule has 0 spiro atoms. The van der Waals surface area contributed by atoms with Crippen LogP contribution in [0.15, 0.2) is 18.3 Å². The molecule has 2 saturated heterocycles. The van der Waals surface area contributed by atoms with Gasteiger partial charge in [0.15, 0.2) is 0 Å². The Labute approximate surface area is 151 Å². The highest BCUT2D eigenvalue weighted by atomic mass is 32.2. The van der Waals surface area contributed by atoms with Crippen LogP contribution in [-0.4, -0.2) is 73.4 Å². The van der Waals surface area contributed by atoms with E-state index in [4.69, 9.17) is 0 Å². The number of aromatic nitrogens is 1. The normalized spacial score (nSPS) is 22.7. The van der Waals surface area contributed by atoms with E-state index in [0.717, 1.165) is 36.6 Å². The van der Waals surface area contributed by atoms with Crippen molar-refractivity contribution >= 4 is 17.6 Å². The Morgan fingerprint density at radius 1 is 1.12 bits per heavy atom. The second kappa shape index (κ2) is 8.54. The van der Waals surface area contributed by atoms with Crippen molar-refractivity contribution in [2.45, 2.75) is 31.6 Å². The quantitative estimate of drug-likeness (QED) is 0.814. The summed E-state index contributed by atoms with van der Waals surface area (Å²) in [6.07, 6.45) is 6.77. The number of anilines is 1. The fourth-order valence-electron chi connectivity index (χ4n) is 3.99. The molecule has 3 heterocycles. The number of hydrogen-bond donors (Lipinski definition) is 0. The van der Waals surface area contributed by atoms with E-state index in [-0.39, 0.29) is 0 Å². The van der Waals surface area contributed by atoms with Crippen LogP contribution in [0.25, 0.3) is 0 Å². The lowest BCUT2D eigenvalue weighted by molar-refractivity contribution is 0.0813. The van der Waals surface area contributed by atoms with E-state index in [1.807, 2.05) is 18.0 Å². The molecule has 2 fully saturated rings. The van der Waals surface area contributed by atoms with E-state index in [9.17, 15) is 0 Å². The van der Waals surface area contributed by atoms with E-state index >= 15 is 0 Å². The number of likely N-dealkylation sites (N-methyl/N-ethyl adjacent to an activating group) is 1. The molecule has 0 unspecified atom stereocenters. The van der Waals surface area contributed by atoms with Crippen molar-refractivity contribution < 1.29 is 0 Å². The molecule has 3 rings (SSSR count). The van der Waals surface area contributed by atoms with Crippen molar-refractivity contribution in [1.82, 2.24) is 14.8 Å². The minimum Gasteiger partial charge on any atom is -0.357 e. The zero-order chi connectivity index (χ0) is 16.9. The molecule has 0 radical (unpaired) electrons. The SMILES string of the molecule is CSCc1ccc(N2CCC([C@H](C)N3CCN(C)CC3)CC2)nc1. The molecular formula is C19H32N4S. The fraction of sp³-hybridized carbons (Fsp3) is 0.737. The van der Waals surface area contributed by atoms with Crippen LogP contribution in [0.3, 0.4) is 0 Å². The van der Waals surface area contributed by atoms with Gasteiger partial charge in [-0.15, -0.1) is 0 Å². The van der Waals surface area contributed by atoms with Crippen LogP contribution in [0.1, 0.15) is 25.3 Å². The van der Waals surface area contributed by atoms with E-state index in [2.05, 4.69) is 52.0 Å².